The van der Waals surface area contributed by atoms with E-state index in [0.717, 1.165) is 41.6 Å². The van der Waals surface area contributed by atoms with Crippen molar-refractivity contribution in [1.29, 1.82) is 0 Å². The van der Waals surface area contributed by atoms with E-state index >= 15 is 0 Å². The summed E-state index contributed by atoms with van der Waals surface area (Å²) >= 11 is 0. The fourth-order valence-electron chi connectivity index (χ4n) is 5.51. The predicted octanol–water partition coefficient (Wildman–Crippen LogP) is 2.72. The first-order valence-electron chi connectivity index (χ1n) is 8.54. The number of carbonyl (C=O) groups is 1. The molecule has 1 aromatic carbocycles. The highest BCUT2D eigenvalue weighted by molar-refractivity contribution is 5.88. The molecule has 1 saturated heterocycles. The number of para-hydroxylation sites is 1. The zero-order valence-corrected chi connectivity index (χ0v) is 13.2. The van der Waals surface area contributed by atoms with Gasteiger partial charge in [-0.25, -0.2) is 0 Å². The Labute approximate surface area is 138 Å². The Balaban J connectivity index is 1.73. The maximum absolute atomic E-state index is 12.6. The lowest BCUT2D eigenvalue weighted by Gasteiger charge is -2.42. The van der Waals surface area contributed by atoms with Gasteiger partial charge < -0.3 is 9.32 Å². The molecule has 5 rings (SSSR count). The minimum absolute atomic E-state index is 0.0236. The van der Waals surface area contributed by atoms with Crippen molar-refractivity contribution in [3.63, 3.8) is 0 Å². The van der Waals surface area contributed by atoms with Crippen molar-refractivity contribution in [2.24, 2.45) is 11.8 Å². The molecule has 0 bridgehead atoms. The van der Waals surface area contributed by atoms with Crippen LogP contribution in [0, 0.1) is 22.0 Å². The van der Waals surface area contributed by atoms with Crippen LogP contribution in [-0.4, -0.2) is 28.8 Å². The van der Waals surface area contributed by atoms with Gasteiger partial charge in [0.2, 0.25) is 12.5 Å². The van der Waals surface area contributed by atoms with Crippen LogP contribution < -0.4 is 0 Å². The van der Waals surface area contributed by atoms with Crippen molar-refractivity contribution >= 4 is 16.9 Å². The number of hydrogen-bond acceptors (Lipinski definition) is 4. The van der Waals surface area contributed by atoms with Gasteiger partial charge in [0.25, 0.3) is 0 Å². The smallest absolute Gasteiger partial charge is 0.223 e. The third-order valence-electron chi connectivity index (χ3n) is 6.30. The molecule has 2 aromatic rings. The minimum Gasteiger partial charge on any atom is -0.461 e. The lowest BCUT2D eigenvalue weighted by molar-refractivity contribution is -0.489. The first-order chi connectivity index (χ1) is 11.6. The molecule has 3 atom stereocenters. The Morgan fingerprint density at radius 1 is 1.38 bits per heavy atom. The summed E-state index contributed by atoms with van der Waals surface area (Å²) in [6, 6.07) is 7.96. The Hall–Kier alpha value is -2.37. The Kier molecular flexibility index (Phi) is 2.68. The highest BCUT2D eigenvalue weighted by atomic mass is 16.6. The molecule has 6 heteroatoms. The monoisotopic (exact) mass is 326 g/mol. The molecule has 2 fully saturated rings. The van der Waals surface area contributed by atoms with E-state index in [1.807, 2.05) is 23.1 Å². The van der Waals surface area contributed by atoms with E-state index in [9.17, 15) is 14.9 Å². The fraction of sp³-hybridized carbons (Fsp3) is 0.500. The molecule has 0 N–H and O–H groups in total. The van der Waals surface area contributed by atoms with Crippen molar-refractivity contribution in [2.75, 3.05) is 13.1 Å². The quantitative estimate of drug-likeness (QED) is 0.628. The second-order valence-corrected chi connectivity index (χ2v) is 7.24. The van der Waals surface area contributed by atoms with E-state index in [1.54, 1.807) is 0 Å². The second kappa shape index (κ2) is 4.59. The highest BCUT2D eigenvalue weighted by Crippen LogP contribution is 2.60. The van der Waals surface area contributed by atoms with Crippen molar-refractivity contribution in [3.8, 4) is 0 Å². The molecule has 0 radical (unpaired) electrons. The van der Waals surface area contributed by atoms with Crippen LogP contribution in [0.5, 0.6) is 0 Å². The van der Waals surface area contributed by atoms with Gasteiger partial charge in [0.05, 0.1) is 5.54 Å². The van der Waals surface area contributed by atoms with Gasteiger partial charge in [0.15, 0.2) is 0 Å². The van der Waals surface area contributed by atoms with Crippen LogP contribution in [-0.2, 0) is 16.8 Å². The largest absolute Gasteiger partial charge is 0.461 e. The first kappa shape index (κ1) is 14.0. The predicted molar refractivity (Wildman–Crippen MR) is 86.0 cm³/mol. The Morgan fingerprint density at radius 2 is 2.21 bits per heavy atom. The third kappa shape index (κ3) is 1.58. The molecule has 3 heterocycles. The zero-order chi connectivity index (χ0) is 16.5. The van der Waals surface area contributed by atoms with E-state index in [4.69, 9.17) is 4.42 Å². The van der Waals surface area contributed by atoms with Crippen molar-refractivity contribution in [1.82, 2.24) is 4.90 Å². The van der Waals surface area contributed by atoms with Gasteiger partial charge in [-0.2, -0.15) is 0 Å². The molecule has 1 amide bonds. The van der Waals surface area contributed by atoms with Crippen LogP contribution in [0.3, 0.4) is 0 Å². The van der Waals surface area contributed by atoms with Gasteiger partial charge >= 0.3 is 0 Å². The van der Waals surface area contributed by atoms with Crippen molar-refractivity contribution in [2.45, 2.75) is 31.2 Å². The molecule has 1 aliphatic carbocycles. The van der Waals surface area contributed by atoms with E-state index in [-0.39, 0.29) is 29.2 Å². The lowest BCUT2D eigenvalue weighted by atomic mass is 9.75. The molecule has 2 aliphatic heterocycles. The summed E-state index contributed by atoms with van der Waals surface area (Å²) in [6.45, 7) is 0.617. The fourth-order valence-corrected chi connectivity index (χ4v) is 5.51. The lowest BCUT2D eigenvalue weighted by Crippen LogP contribution is -2.49. The molecule has 1 aromatic heterocycles. The number of amides is 1. The summed E-state index contributed by atoms with van der Waals surface area (Å²) < 4.78 is 6.08. The number of carbonyl (C=O) groups excluding carboxylic acids is 1. The number of fused-ring (bicyclic) bond motifs is 3. The SMILES string of the molecule is O=C1C[C@H]2[C@H](C[N+](=O)[O-])CC[C@]23c2c(oc4ccccc24)CCN13. The van der Waals surface area contributed by atoms with E-state index in [2.05, 4.69) is 6.07 Å². The average molecular weight is 326 g/mol. The number of benzene rings is 1. The van der Waals surface area contributed by atoms with Gasteiger partial charge in [0, 0.05) is 47.1 Å². The van der Waals surface area contributed by atoms with E-state index in [0.29, 0.717) is 13.0 Å². The van der Waals surface area contributed by atoms with Crippen LogP contribution in [0.1, 0.15) is 30.6 Å². The van der Waals surface area contributed by atoms with Crippen molar-refractivity contribution in [3.05, 3.63) is 45.7 Å². The molecular formula is C18H18N2O4. The summed E-state index contributed by atoms with van der Waals surface area (Å²) in [5.74, 6) is 1.10. The van der Waals surface area contributed by atoms with Crippen LogP contribution in [0.25, 0.3) is 11.0 Å². The molecule has 24 heavy (non-hydrogen) atoms. The molecule has 1 spiro atoms. The third-order valence-corrected chi connectivity index (χ3v) is 6.30. The summed E-state index contributed by atoms with van der Waals surface area (Å²) in [6.07, 6.45) is 2.76. The number of nitrogens with zero attached hydrogens (tertiary/aromatic N) is 2. The van der Waals surface area contributed by atoms with Gasteiger partial charge in [-0.05, 0) is 18.9 Å². The maximum atomic E-state index is 12.6. The Morgan fingerprint density at radius 3 is 3.04 bits per heavy atom. The van der Waals surface area contributed by atoms with Crippen molar-refractivity contribution < 1.29 is 14.1 Å². The zero-order valence-electron chi connectivity index (χ0n) is 13.2. The number of nitro groups is 1. The Bertz CT molecular complexity index is 873. The maximum Gasteiger partial charge on any atom is 0.223 e. The summed E-state index contributed by atoms with van der Waals surface area (Å²) in [4.78, 5) is 25.5. The molecular weight excluding hydrogens is 308 g/mol. The first-order valence-corrected chi connectivity index (χ1v) is 8.54. The van der Waals surface area contributed by atoms with Crippen LogP contribution in [0.4, 0.5) is 0 Å². The van der Waals surface area contributed by atoms with Gasteiger partial charge in [-0.3, -0.25) is 14.9 Å². The average Bonchev–Trinajstić information content (AvgIpc) is 3.16. The van der Waals surface area contributed by atoms with Crippen LogP contribution in [0.15, 0.2) is 28.7 Å². The standard InChI is InChI=1S/C18H18N2O4/c21-16-9-13-11(10-20(22)23)5-7-18(13)17-12-3-1-2-4-14(12)24-15(17)6-8-19(16)18/h1-4,11,13H,5-10H2/t11-,13-,18+/m0/s1. The van der Waals surface area contributed by atoms with E-state index in [1.165, 1.54) is 0 Å². The molecule has 3 aliphatic rings. The van der Waals surface area contributed by atoms with Gasteiger partial charge in [-0.1, -0.05) is 18.2 Å². The van der Waals surface area contributed by atoms with Gasteiger partial charge in [0.1, 0.15) is 11.3 Å². The topological polar surface area (TPSA) is 76.6 Å². The summed E-state index contributed by atoms with van der Waals surface area (Å²) in [5.41, 5.74) is 1.60. The molecule has 0 unspecified atom stereocenters. The normalized spacial score (nSPS) is 31.2. The summed E-state index contributed by atoms with van der Waals surface area (Å²) in [5, 5.41) is 12.1. The molecule has 1 saturated carbocycles. The number of furan rings is 1. The number of rotatable bonds is 2. The minimum atomic E-state index is -0.391. The van der Waals surface area contributed by atoms with Gasteiger partial charge in [-0.15, -0.1) is 0 Å². The highest BCUT2D eigenvalue weighted by Gasteiger charge is 2.63. The number of hydrogen-bond donors (Lipinski definition) is 0. The molecule has 124 valence electrons. The second-order valence-electron chi connectivity index (χ2n) is 7.24. The summed E-state index contributed by atoms with van der Waals surface area (Å²) in [7, 11) is 0. The molecule has 6 nitrogen and oxygen atoms in total. The van der Waals surface area contributed by atoms with E-state index < -0.39 is 5.54 Å². The van der Waals surface area contributed by atoms with Crippen LogP contribution >= 0.6 is 0 Å². The van der Waals surface area contributed by atoms with Crippen LogP contribution in [0.2, 0.25) is 0 Å².